The molecule has 0 bridgehead atoms. The van der Waals surface area contributed by atoms with Crippen LogP contribution in [0.1, 0.15) is 18.9 Å². The van der Waals surface area contributed by atoms with Crippen molar-refractivity contribution in [1.29, 1.82) is 0 Å². The van der Waals surface area contributed by atoms with E-state index in [1.54, 1.807) is 6.20 Å². The SMILES string of the molecule is CCOC(=O)CCc1cccc2cccnc12. The number of aromatic nitrogens is 1. The van der Waals surface area contributed by atoms with Gasteiger partial charge in [-0.15, -0.1) is 0 Å². The molecular weight excluding hydrogens is 214 g/mol. The van der Waals surface area contributed by atoms with Crippen molar-refractivity contribution >= 4 is 16.9 Å². The summed E-state index contributed by atoms with van der Waals surface area (Å²) in [6.45, 7) is 2.25. The molecule has 0 fully saturated rings. The summed E-state index contributed by atoms with van der Waals surface area (Å²) in [6, 6.07) is 9.96. The lowest BCUT2D eigenvalue weighted by Crippen LogP contribution is -2.05. The minimum atomic E-state index is -0.152. The Hall–Kier alpha value is -1.90. The molecule has 0 amide bonds. The summed E-state index contributed by atoms with van der Waals surface area (Å²) >= 11 is 0. The van der Waals surface area contributed by atoms with E-state index >= 15 is 0 Å². The number of carbonyl (C=O) groups excluding carboxylic acids is 1. The van der Waals surface area contributed by atoms with Gasteiger partial charge in [0.2, 0.25) is 0 Å². The summed E-state index contributed by atoms with van der Waals surface area (Å²) in [4.78, 5) is 15.7. The molecule has 2 aromatic rings. The van der Waals surface area contributed by atoms with Gasteiger partial charge in [-0.25, -0.2) is 0 Å². The molecule has 3 nitrogen and oxygen atoms in total. The van der Waals surface area contributed by atoms with Gasteiger partial charge in [0, 0.05) is 18.0 Å². The molecule has 0 saturated heterocycles. The highest BCUT2D eigenvalue weighted by atomic mass is 16.5. The zero-order valence-electron chi connectivity index (χ0n) is 9.85. The lowest BCUT2D eigenvalue weighted by Gasteiger charge is -2.05. The maximum absolute atomic E-state index is 11.3. The molecule has 0 atom stereocenters. The Morgan fingerprint density at radius 1 is 1.29 bits per heavy atom. The Morgan fingerprint density at radius 2 is 2.12 bits per heavy atom. The lowest BCUT2D eigenvalue weighted by molar-refractivity contribution is -0.143. The van der Waals surface area contributed by atoms with Crippen molar-refractivity contribution in [3.05, 3.63) is 42.1 Å². The van der Waals surface area contributed by atoms with Crippen molar-refractivity contribution in [3.8, 4) is 0 Å². The number of hydrogen-bond acceptors (Lipinski definition) is 3. The molecule has 0 saturated carbocycles. The topological polar surface area (TPSA) is 39.2 Å². The number of fused-ring (bicyclic) bond motifs is 1. The van der Waals surface area contributed by atoms with Crippen LogP contribution < -0.4 is 0 Å². The van der Waals surface area contributed by atoms with Gasteiger partial charge in [0.25, 0.3) is 0 Å². The number of esters is 1. The zero-order valence-corrected chi connectivity index (χ0v) is 9.85. The predicted molar refractivity (Wildman–Crippen MR) is 66.7 cm³/mol. The first-order valence-electron chi connectivity index (χ1n) is 5.79. The first-order valence-corrected chi connectivity index (χ1v) is 5.79. The van der Waals surface area contributed by atoms with Crippen LogP contribution in [0.4, 0.5) is 0 Å². The van der Waals surface area contributed by atoms with Crippen LogP contribution in [0.5, 0.6) is 0 Å². The van der Waals surface area contributed by atoms with Crippen LogP contribution in [-0.4, -0.2) is 17.6 Å². The van der Waals surface area contributed by atoms with E-state index < -0.39 is 0 Å². The Labute approximate surface area is 100 Å². The largest absolute Gasteiger partial charge is 0.466 e. The fourth-order valence-electron chi connectivity index (χ4n) is 1.84. The molecule has 0 N–H and O–H groups in total. The summed E-state index contributed by atoms with van der Waals surface area (Å²) in [6.07, 6.45) is 2.85. The van der Waals surface area contributed by atoms with E-state index in [2.05, 4.69) is 4.98 Å². The van der Waals surface area contributed by atoms with Crippen molar-refractivity contribution in [2.24, 2.45) is 0 Å². The van der Waals surface area contributed by atoms with E-state index in [4.69, 9.17) is 4.74 Å². The smallest absolute Gasteiger partial charge is 0.306 e. The Kier molecular flexibility index (Phi) is 3.70. The van der Waals surface area contributed by atoms with Crippen LogP contribution in [-0.2, 0) is 16.0 Å². The highest BCUT2D eigenvalue weighted by Gasteiger charge is 2.06. The van der Waals surface area contributed by atoms with Gasteiger partial charge in [0.1, 0.15) is 0 Å². The zero-order chi connectivity index (χ0) is 12.1. The fourth-order valence-corrected chi connectivity index (χ4v) is 1.84. The molecule has 0 radical (unpaired) electrons. The van der Waals surface area contributed by atoms with Gasteiger partial charge in [-0.3, -0.25) is 9.78 Å². The van der Waals surface area contributed by atoms with Crippen LogP contribution in [0.15, 0.2) is 36.5 Å². The molecule has 88 valence electrons. The first kappa shape index (κ1) is 11.6. The van der Waals surface area contributed by atoms with Crippen molar-refractivity contribution < 1.29 is 9.53 Å². The molecule has 0 aliphatic rings. The molecule has 17 heavy (non-hydrogen) atoms. The Morgan fingerprint density at radius 3 is 2.94 bits per heavy atom. The number of para-hydroxylation sites is 1. The van der Waals surface area contributed by atoms with E-state index in [1.165, 1.54) is 0 Å². The summed E-state index contributed by atoms with van der Waals surface area (Å²) in [5.74, 6) is -0.152. The predicted octanol–water partition coefficient (Wildman–Crippen LogP) is 2.73. The average molecular weight is 229 g/mol. The highest BCUT2D eigenvalue weighted by Crippen LogP contribution is 2.17. The second-order valence-electron chi connectivity index (χ2n) is 3.80. The average Bonchev–Trinajstić information content (AvgIpc) is 2.36. The first-order chi connectivity index (χ1) is 8.31. The van der Waals surface area contributed by atoms with Crippen molar-refractivity contribution in [3.63, 3.8) is 0 Å². The molecular formula is C14H15NO2. The Bertz CT molecular complexity index is 517. The normalized spacial score (nSPS) is 10.4. The van der Waals surface area contributed by atoms with Crippen LogP contribution in [0.3, 0.4) is 0 Å². The molecule has 1 aromatic heterocycles. The van der Waals surface area contributed by atoms with E-state index in [0.29, 0.717) is 19.4 Å². The number of nitrogens with zero attached hydrogens (tertiary/aromatic N) is 1. The molecule has 0 unspecified atom stereocenters. The third-order valence-electron chi connectivity index (χ3n) is 2.62. The van der Waals surface area contributed by atoms with E-state index in [0.717, 1.165) is 16.5 Å². The van der Waals surface area contributed by atoms with Crippen molar-refractivity contribution in [1.82, 2.24) is 4.98 Å². The van der Waals surface area contributed by atoms with Gasteiger partial charge in [0.15, 0.2) is 0 Å². The van der Waals surface area contributed by atoms with E-state index in [1.807, 2.05) is 37.3 Å². The van der Waals surface area contributed by atoms with Gasteiger partial charge >= 0.3 is 5.97 Å². The van der Waals surface area contributed by atoms with Crippen LogP contribution in [0.25, 0.3) is 10.9 Å². The molecule has 2 rings (SSSR count). The van der Waals surface area contributed by atoms with Crippen LogP contribution >= 0.6 is 0 Å². The number of pyridine rings is 1. The number of carbonyl (C=O) groups is 1. The van der Waals surface area contributed by atoms with Gasteiger partial charge in [-0.05, 0) is 25.0 Å². The number of benzene rings is 1. The molecule has 0 aliphatic heterocycles. The van der Waals surface area contributed by atoms with Crippen LogP contribution in [0.2, 0.25) is 0 Å². The molecule has 1 aromatic carbocycles. The molecule has 1 heterocycles. The van der Waals surface area contributed by atoms with Gasteiger partial charge < -0.3 is 4.74 Å². The summed E-state index contributed by atoms with van der Waals surface area (Å²) in [5.41, 5.74) is 2.07. The summed E-state index contributed by atoms with van der Waals surface area (Å²) in [7, 11) is 0. The minimum Gasteiger partial charge on any atom is -0.466 e. The molecule has 3 heteroatoms. The summed E-state index contributed by atoms with van der Waals surface area (Å²) in [5, 5.41) is 1.11. The maximum Gasteiger partial charge on any atom is 0.306 e. The Balaban J connectivity index is 2.16. The van der Waals surface area contributed by atoms with E-state index in [9.17, 15) is 4.79 Å². The quantitative estimate of drug-likeness (QED) is 0.757. The monoisotopic (exact) mass is 229 g/mol. The third-order valence-corrected chi connectivity index (χ3v) is 2.62. The van der Waals surface area contributed by atoms with E-state index in [-0.39, 0.29) is 5.97 Å². The fraction of sp³-hybridized carbons (Fsp3) is 0.286. The second kappa shape index (κ2) is 5.43. The number of hydrogen-bond donors (Lipinski definition) is 0. The van der Waals surface area contributed by atoms with Crippen molar-refractivity contribution in [2.75, 3.05) is 6.61 Å². The number of ether oxygens (including phenoxy) is 1. The van der Waals surface area contributed by atoms with Gasteiger partial charge in [-0.2, -0.15) is 0 Å². The van der Waals surface area contributed by atoms with Crippen LogP contribution in [0, 0.1) is 0 Å². The number of rotatable bonds is 4. The highest BCUT2D eigenvalue weighted by molar-refractivity contribution is 5.82. The summed E-state index contributed by atoms with van der Waals surface area (Å²) < 4.78 is 4.92. The molecule has 0 spiro atoms. The number of aryl methyl sites for hydroxylation is 1. The maximum atomic E-state index is 11.3. The van der Waals surface area contributed by atoms with Crippen molar-refractivity contribution in [2.45, 2.75) is 19.8 Å². The minimum absolute atomic E-state index is 0.152. The molecule has 0 aliphatic carbocycles. The lowest BCUT2D eigenvalue weighted by atomic mass is 10.1. The second-order valence-corrected chi connectivity index (χ2v) is 3.80. The van der Waals surface area contributed by atoms with Gasteiger partial charge in [-0.1, -0.05) is 24.3 Å². The third kappa shape index (κ3) is 2.81. The van der Waals surface area contributed by atoms with Gasteiger partial charge in [0.05, 0.1) is 12.1 Å². The standard InChI is InChI=1S/C14H15NO2/c1-2-17-13(16)9-8-12-6-3-5-11-7-4-10-15-14(11)12/h3-7,10H,2,8-9H2,1H3.